The second-order valence-corrected chi connectivity index (χ2v) is 8.80. The molecule has 2 atom stereocenters. The van der Waals surface area contributed by atoms with Gasteiger partial charge in [0.25, 0.3) is 0 Å². The van der Waals surface area contributed by atoms with Crippen LogP contribution in [0.15, 0.2) is 30.3 Å². The minimum atomic E-state index is -0.910. The quantitative estimate of drug-likeness (QED) is 0.437. The molecule has 6 heteroatoms. The zero-order valence-corrected chi connectivity index (χ0v) is 17.7. The number of benzene rings is 2. The van der Waals surface area contributed by atoms with Crippen LogP contribution in [0.25, 0.3) is 10.9 Å². The smallest absolute Gasteiger partial charge is 0.321 e. The molecule has 0 aliphatic carbocycles. The molecule has 3 aromatic rings. The number of rotatable bonds is 4. The Labute approximate surface area is 175 Å². The van der Waals surface area contributed by atoms with E-state index in [2.05, 4.69) is 10.3 Å². The van der Waals surface area contributed by atoms with Gasteiger partial charge in [0.2, 0.25) is 0 Å². The number of carbonyl (C=O) groups is 1. The third-order valence-electron chi connectivity index (χ3n) is 6.05. The predicted molar refractivity (Wildman–Crippen MR) is 116 cm³/mol. The fourth-order valence-corrected chi connectivity index (χ4v) is 4.44. The largest absolute Gasteiger partial charge is 0.508 e. The minimum Gasteiger partial charge on any atom is -0.508 e. The van der Waals surface area contributed by atoms with Crippen molar-refractivity contribution < 1.29 is 20.1 Å². The molecule has 0 spiro atoms. The van der Waals surface area contributed by atoms with Gasteiger partial charge in [-0.1, -0.05) is 27.7 Å². The lowest BCUT2D eigenvalue weighted by Gasteiger charge is -2.31. The molecule has 0 amide bonds. The topological polar surface area (TPSA) is 106 Å². The van der Waals surface area contributed by atoms with E-state index in [-0.39, 0.29) is 23.6 Å². The van der Waals surface area contributed by atoms with Crippen LogP contribution in [0.5, 0.6) is 11.5 Å². The Bertz CT molecular complexity index is 1100. The van der Waals surface area contributed by atoms with Crippen LogP contribution in [0.2, 0.25) is 0 Å². The number of hydrogen-bond acceptors (Lipinski definition) is 4. The molecule has 0 fully saturated rings. The van der Waals surface area contributed by atoms with Gasteiger partial charge in [0.15, 0.2) is 0 Å². The Hall–Kier alpha value is -2.99. The Kier molecular flexibility index (Phi) is 4.98. The average Bonchev–Trinajstić information content (AvgIpc) is 3.04. The first-order chi connectivity index (χ1) is 14.2. The third kappa shape index (κ3) is 3.31. The van der Waals surface area contributed by atoms with Gasteiger partial charge in [0.05, 0.1) is 6.04 Å². The summed E-state index contributed by atoms with van der Waals surface area (Å²) >= 11 is 0. The Morgan fingerprint density at radius 1 is 1.03 bits per heavy atom. The summed E-state index contributed by atoms with van der Waals surface area (Å²) in [5.74, 6) is -0.191. The molecule has 5 N–H and O–H groups in total. The molecule has 6 nitrogen and oxygen atoms in total. The van der Waals surface area contributed by atoms with Gasteiger partial charge in [-0.15, -0.1) is 0 Å². The van der Waals surface area contributed by atoms with Crippen LogP contribution in [0.4, 0.5) is 0 Å². The van der Waals surface area contributed by atoms with E-state index in [9.17, 15) is 20.1 Å². The van der Waals surface area contributed by atoms with Crippen molar-refractivity contribution in [3.05, 3.63) is 58.3 Å². The number of aromatic hydroxyl groups is 2. The molecule has 4 rings (SSSR count). The summed E-state index contributed by atoms with van der Waals surface area (Å²) in [6.07, 6.45) is 0.330. The highest BCUT2D eigenvalue weighted by Crippen LogP contribution is 2.41. The minimum absolute atomic E-state index is 0.125. The predicted octanol–water partition coefficient (Wildman–Crippen LogP) is 4.51. The number of nitrogens with one attached hydrogen (secondary N) is 2. The summed E-state index contributed by atoms with van der Waals surface area (Å²) < 4.78 is 0. The van der Waals surface area contributed by atoms with E-state index < -0.39 is 12.0 Å². The molecular formula is C24H28N2O4. The molecule has 1 aliphatic rings. The lowest BCUT2D eigenvalue weighted by molar-refractivity contribution is -0.139. The maximum atomic E-state index is 11.9. The number of phenolic OH excluding ortho intramolecular Hbond substituents is 2. The molecule has 0 bridgehead atoms. The van der Waals surface area contributed by atoms with Gasteiger partial charge < -0.3 is 20.3 Å². The molecule has 0 radical (unpaired) electrons. The van der Waals surface area contributed by atoms with Gasteiger partial charge >= 0.3 is 5.97 Å². The molecule has 0 saturated carbocycles. The van der Waals surface area contributed by atoms with Gasteiger partial charge in [0, 0.05) is 23.0 Å². The maximum absolute atomic E-state index is 11.9. The van der Waals surface area contributed by atoms with Crippen LogP contribution < -0.4 is 5.32 Å². The number of aromatic nitrogens is 1. The molecule has 1 aromatic heterocycles. The summed E-state index contributed by atoms with van der Waals surface area (Å²) in [4.78, 5) is 15.3. The molecule has 2 unspecified atom stereocenters. The Balaban J connectivity index is 1.95. The fraction of sp³-hybridized carbons (Fsp3) is 0.375. The van der Waals surface area contributed by atoms with E-state index in [0.29, 0.717) is 12.2 Å². The zero-order valence-electron chi connectivity index (χ0n) is 17.7. The van der Waals surface area contributed by atoms with E-state index in [0.717, 1.165) is 38.9 Å². The summed E-state index contributed by atoms with van der Waals surface area (Å²) in [6, 6.07) is 7.95. The van der Waals surface area contributed by atoms with Crippen molar-refractivity contribution in [3.8, 4) is 11.5 Å². The number of hydrogen-bond donors (Lipinski definition) is 5. The first-order valence-corrected chi connectivity index (χ1v) is 10.4. The highest BCUT2D eigenvalue weighted by atomic mass is 16.4. The monoisotopic (exact) mass is 408 g/mol. The van der Waals surface area contributed by atoms with E-state index in [1.54, 1.807) is 12.1 Å². The molecule has 2 heterocycles. The number of H-pyrrole nitrogens is 1. The average molecular weight is 408 g/mol. The van der Waals surface area contributed by atoms with Crippen LogP contribution in [0, 0.1) is 0 Å². The number of aromatic amines is 1. The Morgan fingerprint density at radius 3 is 2.23 bits per heavy atom. The number of carboxylic acids is 1. The van der Waals surface area contributed by atoms with E-state index in [1.807, 2.05) is 45.9 Å². The highest BCUT2D eigenvalue weighted by molar-refractivity contribution is 5.88. The third-order valence-corrected chi connectivity index (χ3v) is 6.05. The van der Waals surface area contributed by atoms with Crippen LogP contribution in [-0.2, 0) is 11.2 Å². The molecule has 158 valence electrons. The lowest BCUT2D eigenvalue weighted by atomic mass is 9.85. The Morgan fingerprint density at radius 2 is 1.67 bits per heavy atom. The molecule has 1 aliphatic heterocycles. The SMILES string of the molecule is CC(C)c1cc(C2NC(C(=O)O)Cc3c2[nH]c2ccc(O)cc32)cc(C(C)C)c1O. The van der Waals surface area contributed by atoms with Gasteiger partial charge in [-0.25, -0.2) is 0 Å². The lowest BCUT2D eigenvalue weighted by Crippen LogP contribution is -2.45. The van der Waals surface area contributed by atoms with Crippen molar-refractivity contribution in [2.75, 3.05) is 0 Å². The summed E-state index contributed by atoms with van der Waals surface area (Å²) in [5.41, 5.74) is 5.30. The number of aliphatic carboxylic acids is 1. The summed E-state index contributed by atoms with van der Waals surface area (Å²) in [7, 11) is 0. The van der Waals surface area contributed by atoms with Gasteiger partial charge in [-0.2, -0.15) is 0 Å². The number of carboxylic acid groups (broad SMARTS) is 1. The van der Waals surface area contributed by atoms with Gasteiger partial charge in [-0.05, 0) is 64.4 Å². The van der Waals surface area contributed by atoms with Crippen molar-refractivity contribution in [1.29, 1.82) is 0 Å². The van der Waals surface area contributed by atoms with Crippen LogP contribution >= 0.6 is 0 Å². The van der Waals surface area contributed by atoms with E-state index in [4.69, 9.17) is 0 Å². The number of fused-ring (bicyclic) bond motifs is 3. The van der Waals surface area contributed by atoms with Crippen LogP contribution in [0.3, 0.4) is 0 Å². The van der Waals surface area contributed by atoms with Crippen LogP contribution in [0.1, 0.15) is 73.5 Å². The zero-order chi connectivity index (χ0) is 21.7. The fourth-order valence-electron chi connectivity index (χ4n) is 4.44. The summed E-state index contributed by atoms with van der Waals surface area (Å²) in [6.45, 7) is 8.14. The van der Waals surface area contributed by atoms with Crippen molar-refractivity contribution in [2.24, 2.45) is 0 Å². The van der Waals surface area contributed by atoms with Crippen molar-refractivity contribution in [2.45, 2.75) is 58.0 Å². The molecule has 2 aromatic carbocycles. The summed E-state index contributed by atoms with van der Waals surface area (Å²) in [5, 5.41) is 34.6. The molecule has 0 saturated heterocycles. The van der Waals surface area contributed by atoms with Crippen molar-refractivity contribution in [3.63, 3.8) is 0 Å². The van der Waals surface area contributed by atoms with Gasteiger partial charge in [0.1, 0.15) is 17.5 Å². The second kappa shape index (κ2) is 7.36. The van der Waals surface area contributed by atoms with Crippen LogP contribution in [-0.4, -0.2) is 32.3 Å². The van der Waals surface area contributed by atoms with E-state index in [1.165, 1.54) is 0 Å². The van der Waals surface area contributed by atoms with Crippen molar-refractivity contribution in [1.82, 2.24) is 10.3 Å². The normalized spacial score (nSPS) is 18.9. The van der Waals surface area contributed by atoms with E-state index >= 15 is 0 Å². The van der Waals surface area contributed by atoms with Crippen molar-refractivity contribution >= 4 is 16.9 Å². The first kappa shape index (κ1) is 20.3. The second-order valence-electron chi connectivity index (χ2n) is 8.80. The number of phenols is 2. The van der Waals surface area contributed by atoms with Gasteiger partial charge in [-0.3, -0.25) is 10.1 Å². The molecule has 30 heavy (non-hydrogen) atoms. The highest BCUT2D eigenvalue weighted by Gasteiger charge is 2.34. The maximum Gasteiger partial charge on any atom is 0.321 e. The molecular weight excluding hydrogens is 380 g/mol. The first-order valence-electron chi connectivity index (χ1n) is 10.4. The standard InChI is InChI=1S/C24H28N2O4/c1-11(2)15-7-13(8-16(12(3)4)23(15)28)21-22-18(10-20(26-21)24(29)30)17-9-14(27)5-6-19(17)25-22/h5-9,11-12,20-21,25-28H,10H2,1-4H3,(H,29,30).